The molecule has 1 aromatic carbocycles. The van der Waals surface area contributed by atoms with E-state index in [1.165, 1.54) is 20.9 Å². The molecule has 0 unspecified atom stereocenters. The third-order valence-corrected chi connectivity index (χ3v) is 5.91. The van der Waals surface area contributed by atoms with E-state index in [0.29, 0.717) is 0 Å². The fourth-order valence-electron chi connectivity index (χ4n) is 3.12. The van der Waals surface area contributed by atoms with Gasteiger partial charge in [0.2, 0.25) is 11.2 Å². The highest BCUT2D eigenvalue weighted by atomic mass is 32.1. The van der Waals surface area contributed by atoms with Crippen LogP contribution in [0.5, 0.6) is 0 Å². The number of aryl methyl sites for hydroxylation is 2. The summed E-state index contributed by atoms with van der Waals surface area (Å²) >= 11 is 1.82. The van der Waals surface area contributed by atoms with E-state index in [9.17, 15) is 0 Å². The number of pyridine rings is 1. The second-order valence-corrected chi connectivity index (χ2v) is 7.07. The summed E-state index contributed by atoms with van der Waals surface area (Å²) in [5.74, 6) is 1.02. The van der Waals surface area contributed by atoms with Crippen LogP contribution in [0.4, 0.5) is 0 Å². The van der Waals surface area contributed by atoms with Gasteiger partial charge < -0.3 is 4.57 Å². The van der Waals surface area contributed by atoms with Crippen LogP contribution in [0.1, 0.15) is 5.82 Å². The highest BCUT2D eigenvalue weighted by Gasteiger charge is 2.28. The van der Waals surface area contributed by atoms with Crippen LogP contribution in [0.25, 0.3) is 32.3 Å². The Balaban J connectivity index is 1.95. The number of para-hydroxylation sites is 1. The molecule has 0 saturated carbocycles. The smallest absolute Gasteiger partial charge is 0.326 e. The highest BCUT2D eigenvalue weighted by molar-refractivity contribution is 7.21. The second kappa shape index (κ2) is 5.53. The van der Waals surface area contributed by atoms with Crippen molar-refractivity contribution in [3.63, 3.8) is 0 Å². The van der Waals surface area contributed by atoms with Gasteiger partial charge in [0.15, 0.2) is 0 Å². The van der Waals surface area contributed by atoms with Gasteiger partial charge in [-0.3, -0.25) is 0 Å². The molecule has 3 heterocycles. The van der Waals surface area contributed by atoms with Crippen LogP contribution in [0, 0.1) is 6.92 Å². The zero-order valence-corrected chi connectivity index (χ0v) is 15.1. The molecule has 0 N–H and O–H groups in total. The lowest BCUT2D eigenvalue weighted by Gasteiger charge is -2.04. The predicted molar refractivity (Wildman–Crippen MR) is 96.6 cm³/mol. The van der Waals surface area contributed by atoms with Crippen molar-refractivity contribution in [3.05, 3.63) is 54.5 Å². The molecule has 5 heteroatoms. The average Bonchev–Trinajstić information content (AvgIpc) is 3.09. The third kappa shape index (κ3) is 2.16. The van der Waals surface area contributed by atoms with Crippen molar-refractivity contribution < 1.29 is 9.13 Å². The van der Waals surface area contributed by atoms with Crippen LogP contribution < -0.4 is 9.13 Å². The summed E-state index contributed by atoms with van der Waals surface area (Å²) in [5.41, 5.74) is 4.75. The molecule has 0 fully saturated rings. The van der Waals surface area contributed by atoms with Gasteiger partial charge in [0.05, 0.1) is 6.20 Å². The number of imidazole rings is 1. The normalized spacial score (nSPS) is 11.3. The molecule has 4 rings (SSSR count). The van der Waals surface area contributed by atoms with E-state index in [-0.39, 0.29) is 0 Å². The van der Waals surface area contributed by atoms with E-state index in [1.807, 2.05) is 24.5 Å². The molecule has 0 bridgehead atoms. The number of thiazole rings is 1. The molecule has 0 saturated heterocycles. The van der Waals surface area contributed by atoms with Gasteiger partial charge in [0, 0.05) is 25.2 Å². The Morgan fingerprint density at radius 1 is 0.958 bits per heavy atom. The Kier molecular flexibility index (Phi) is 3.46. The van der Waals surface area contributed by atoms with Crippen molar-refractivity contribution >= 4 is 21.6 Å². The van der Waals surface area contributed by atoms with E-state index in [0.717, 1.165) is 17.2 Å². The maximum Gasteiger partial charge on any atom is 0.335 e. The lowest BCUT2D eigenvalue weighted by Crippen LogP contribution is -2.39. The average molecular weight is 336 g/mol. The Morgan fingerprint density at radius 3 is 2.42 bits per heavy atom. The fraction of sp³-hybridized carbons (Fsp3) is 0.211. The molecule has 0 radical (unpaired) electrons. The molecule has 0 aliphatic carbocycles. The number of hydrogen-bond donors (Lipinski definition) is 0. The van der Waals surface area contributed by atoms with Crippen molar-refractivity contribution in [1.29, 1.82) is 0 Å². The zero-order valence-electron chi connectivity index (χ0n) is 14.3. The molecule has 3 aromatic heterocycles. The van der Waals surface area contributed by atoms with Crippen molar-refractivity contribution in [2.75, 3.05) is 0 Å². The Morgan fingerprint density at radius 2 is 1.71 bits per heavy atom. The first-order valence-electron chi connectivity index (χ1n) is 7.93. The molecule has 4 nitrogen and oxygen atoms in total. The summed E-state index contributed by atoms with van der Waals surface area (Å²) < 4.78 is 7.95. The van der Waals surface area contributed by atoms with Crippen molar-refractivity contribution in [3.8, 4) is 22.1 Å². The van der Waals surface area contributed by atoms with E-state index in [1.54, 1.807) is 0 Å². The van der Waals surface area contributed by atoms with E-state index < -0.39 is 0 Å². The van der Waals surface area contributed by atoms with Crippen LogP contribution in [-0.2, 0) is 21.1 Å². The summed E-state index contributed by atoms with van der Waals surface area (Å²) in [6.45, 7) is 2.03. The van der Waals surface area contributed by atoms with E-state index in [4.69, 9.17) is 0 Å². The minimum absolute atomic E-state index is 1.02. The molecule has 0 spiro atoms. The highest BCUT2D eigenvalue weighted by Crippen LogP contribution is 2.27. The second-order valence-electron chi connectivity index (χ2n) is 6.04. The van der Waals surface area contributed by atoms with Crippen molar-refractivity contribution in [2.24, 2.45) is 21.1 Å². The first-order valence-corrected chi connectivity index (χ1v) is 8.75. The Bertz CT molecular complexity index is 1060. The number of fused-ring (bicyclic) bond motifs is 1. The van der Waals surface area contributed by atoms with E-state index in [2.05, 4.69) is 82.3 Å². The van der Waals surface area contributed by atoms with Crippen LogP contribution in [0.15, 0.2) is 48.7 Å². The summed E-state index contributed by atoms with van der Waals surface area (Å²) in [5, 5.41) is 1.25. The molecular weight excluding hydrogens is 316 g/mol. The number of nitrogens with zero attached hydrogens (tertiary/aromatic N) is 4. The van der Waals surface area contributed by atoms with Gasteiger partial charge in [-0.25, -0.2) is 4.98 Å². The van der Waals surface area contributed by atoms with Crippen LogP contribution in [0.3, 0.4) is 0 Å². The molecule has 0 amide bonds. The first kappa shape index (κ1) is 15.0. The van der Waals surface area contributed by atoms with Gasteiger partial charge in [-0.05, 0) is 19.1 Å². The molecule has 4 aromatic rings. The molecule has 0 aliphatic heterocycles. The minimum Gasteiger partial charge on any atom is -0.326 e. The Hall–Kier alpha value is -2.53. The van der Waals surface area contributed by atoms with Crippen LogP contribution in [0.2, 0.25) is 0 Å². The van der Waals surface area contributed by atoms with E-state index >= 15 is 0 Å². The van der Waals surface area contributed by atoms with Crippen molar-refractivity contribution in [1.82, 2.24) is 9.55 Å². The van der Waals surface area contributed by atoms with Gasteiger partial charge in [0.1, 0.15) is 30.3 Å². The molecular formula is C19H20N4S+2. The zero-order chi connectivity index (χ0) is 16.8. The van der Waals surface area contributed by atoms with Gasteiger partial charge in [-0.15, -0.1) is 0 Å². The largest absolute Gasteiger partial charge is 0.335 e. The molecule has 0 aliphatic rings. The summed E-state index contributed by atoms with van der Waals surface area (Å²) in [7, 11) is 6.32. The standard InChI is InChI=1S/C19H20N4S/c1-13-20-12-17(21(13)2)14-9-7-10-16(22(14)3)19-23(4)15-8-5-6-11-18(15)24-19/h5-12H,1-4H3/q+2. The SMILES string of the molecule is Cc1ncc(-c2cccc(-c3sc4ccccc4[n+]3C)[n+]2C)n1C. The summed E-state index contributed by atoms with van der Waals surface area (Å²) in [4.78, 5) is 4.44. The first-order chi connectivity index (χ1) is 11.6. The molecule has 120 valence electrons. The van der Waals surface area contributed by atoms with Gasteiger partial charge in [-0.2, -0.15) is 9.13 Å². The van der Waals surface area contributed by atoms with Gasteiger partial charge in [0.25, 0.3) is 5.69 Å². The quantitative estimate of drug-likeness (QED) is 0.517. The number of aromatic nitrogens is 4. The van der Waals surface area contributed by atoms with Gasteiger partial charge in [-0.1, -0.05) is 23.5 Å². The summed E-state index contributed by atoms with van der Waals surface area (Å²) in [6.07, 6.45) is 1.94. The number of rotatable bonds is 2. The van der Waals surface area contributed by atoms with Crippen molar-refractivity contribution in [2.45, 2.75) is 6.92 Å². The Labute approximate surface area is 145 Å². The van der Waals surface area contributed by atoms with Crippen LogP contribution >= 0.6 is 11.3 Å². The van der Waals surface area contributed by atoms with Gasteiger partial charge >= 0.3 is 5.01 Å². The fourth-order valence-corrected chi connectivity index (χ4v) is 4.33. The monoisotopic (exact) mass is 336 g/mol. The molecule has 24 heavy (non-hydrogen) atoms. The maximum atomic E-state index is 4.44. The maximum absolute atomic E-state index is 4.44. The van der Waals surface area contributed by atoms with Crippen LogP contribution in [-0.4, -0.2) is 9.55 Å². The lowest BCUT2D eigenvalue weighted by molar-refractivity contribution is -0.670. The predicted octanol–water partition coefficient (Wildman–Crippen LogP) is 2.93. The number of benzene rings is 1. The lowest BCUT2D eigenvalue weighted by atomic mass is 10.2. The third-order valence-electron chi connectivity index (χ3n) is 4.67. The minimum atomic E-state index is 1.02. The summed E-state index contributed by atoms with van der Waals surface area (Å²) in [6, 6.07) is 15.0. The molecule has 0 atom stereocenters. The number of hydrogen-bond acceptors (Lipinski definition) is 2. The topological polar surface area (TPSA) is 25.6 Å².